The first-order valence-electron chi connectivity index (χ1n) is 10.9. The summed E-state index contributed by atoms with van der Waals surface area (Å²) in [6.45, 7) is 1.94. The van der Waals surface area contributed by atoms with Crippen LogP contribution >= 0.6 is 15.9 Å². The summed E-state index contributed by atoms with van der Waals surface area (Å²) in [6.07, 6.45) is 4.99. The van der Waals surface area contributed by atoms with Crippen LogP contribution in [0.1, 0.15) is 37.3 Å². The number of anilines is 1. The highest BCUT2D eigenvalue weighted by Crippen LogP contribution is 2.39. The van der Waals surface area contributed by atoms with Gasteiger partial charge in [-0.05, 0) is 59.0 Å². The predicted molar refractivity (Wildman–Crippen MR) is 134 cm³/mol. The molecular weight excluding hydrogens is 536 g/mol. The Hall–Kier alpha value is -3.08. The Bertz CT molecular complexity index is 1450. The van der Waals surface area contributed by atoms with Crippen LogP contribution in [0.3, 0.4) is 0 Å². The molecule has 35 heavy (non-hydrogen) atoms. The van der Waals surface area contributed by atoms with Gasteiger partial charge >= 0.3 is 0 Å². The molecule has 1 aromatic carbocycles. The van der Waals surface area contributed by atoms with Gasteiger partial charge in [-0.1, -0.05) is 6.92 Å². The van der Waals surface area contributed by atoms with E-state index in [0.717, 1.165) is 19.1 Å². The van der Waals surface area contributed by atoms with E-state index in [0.29, 0.717) is 44.8 Å². The lowest BCUT2D eigenvalue weighted by Gasteiger charge is -2.22. The maximum absolute atomic E-state index is 12.2. The number of amides is 1. The summed E-state index contributed by atoms with van der Waals surface area (Å²) in [4.78, 5) is 21.3. The number of carbonyl (C=O) groups is 1. The van der Waals surface area contributed by atoms with Gasteiger partial charge in [0.25, 0.3) is 0 Å². The summed E-state index contributed by atoms with van der Waals surface area (Å²) in [5, 5.41) is 20.7. The van der Waals surface area contributed by atoms with Crippen LogP contribution in [0.25, 0.3) is 16.7 Å². The Morgan fingerprint density at radius 2 is 2.17 bits per heavy atom. The Balaban J connectivity index is 1.65. The highest BCUT2D eigenvalue weighted by Gasteiger charge is 2.41. The molecule has 3 N–H and O–H groups in total. The molecule has 4 rings (SSSR count). The average Bonchev–Trinajstić information content (AvgIpc) is 3.36. The number of carbonyl (C=O) groups excluding carboxylic acids is 1. The maximum atomic E-state index is 12.2. The maximum Gasteiger partial charge on any atom is 0.225 e. The van der Waals surface area contributed by atoms with Gasteiger partial charge in [0, 0.05) is 31.2 Å². The van der Waals surface area contributed by atoms with Crippen LogP contribution in [0.15, 0.2) is 29.0 Å². The van der Waals surface area contributed by atoms with Crippen molar-refractivity contribution in [3.63, 3.8) is 0 Å². The molecule has 1 amide bonds. The second-order valence-corrected chi connectivity index (χ2v) is 11.5. The van der Waals surface area contributed by atoms with Gasteiger partial charge in [-0.2, -0.15) is 15.3 Å². The van der Waals surface area contributed by atoms with E-state index in [4.69, 9.17) is 0 Å². The van der Waals surface area contributed by atoms with Crippen molar-refractivity contribution in [1.29, 1.82) is 5.26 Å². The molecule has 0 unspecified atom stereocenters. The number of nitrogens with zero attached hydrogens (tertiary/aromatic N) is 5. The number of benzene rings is 1. The van der Waals surface area contributed by atoms with Crippen molar-refractivity contribution in [2.45, 2.75) is 38.8 Å². The number of hydrogen-bond acceptors (Lipinski definition) is 8. The summed E-state index contributed by atoms with van der Waals surface area (Å²) >= 11 is 3.45. The molecule has 13 heteroatoms. The molecule has 3 aromatic rings. The van der Waals surface area contributed by atoms with Gasteiger partial charge in [0.1, 0.15) is 4.60 Å². The molecule has 0 saturated heterocycles. The quantitative estimate of drug-likeness (QED) is 0.397. The van der Waals surface area contributed by atoms with Crippen molar-refractivity contribution in [1.82, 2.24) is 29.8 Å². The fourth-order valence-corrected chi connectivity index (χ4v) is 5.20. The normalized spacial score (nSPS) is 20.0. The first-order valence-corrected chi connectivity index (χ1v) is 13.6. The van der Waals surface area contributed by atoms with E-state index in [1.165, 1.54) is 0 Å². The summed E-state index contributed by atoms with van der Waals surface area (Å²) in [7, 11) is -1.78. The zero-order valence-electron chi connectivity index (χ0n) is 19.5. The summed E-state index contributed by atoms with van der Waals surface area (Å²) < 4.78 is 27.7. The molecule has 0 radical (unpaired) electrons. The van der Waals surface area contributed by atoms with Crippen LogP contribution in [0.4, 0.5) is 5.95 Å². The third-order valence-corrected chi connectivity index (χ3v) is 7.46. The van der Waals surface area contributed by atoms with Crippen molar-refractivity contribution in [3.8, 4) is 11.8 Å². The highest BCUT2D eigenvalue weighted by molar-refractivity contribution is 9.10. The molecule has 1 aliphatic carbocycles. The van der Waals surface area contributed by atoms with Crippen molar-refractivity contribution in [2.75, 3.05) is 18.6 Å². The van der Waals surface area contributed by atoms with Crippen molar-refractivity contribution in [2.24, 2.45) is 5.41 Å². The molecule has 0 aliphatic heterocycles. The molecule has 0 spiro atoms. The van der Waals surface area contributed by atoms with Crippen LogP contribution in [0, 0.1) is 16.7 Å². The van der Waals surface area contributed by atoms with Crippen LogP contribution in [-0.4, -0.2) is 53.4 Å². The lowest BCUT2D eigenvalue weighted by atomic mass is 9.87. The second kappa shape index (κ2) is 9.52. The molecule has 184 valence electrons. The molecule has 1 fully saturated rings. The number of hydrogen-bond donors (Lipinski definition) is 3. The van der Waals surface area contributed by atoms with E-state index >= 15 is 0 Å². The third kappa shape index (κ3) is 5.29. The van der Waals surface area contributed by atoms with E-state index < -0.39 is 15.4 Å². The number of halogens is 1. The van der Waals surface area contributed by atoms with Gasteiger partial charge in [-0.15, -0.1) is 0 Å². The molecule has 2 aromatic heterocycles. The SMILES string of the molecule is CNC(=O)[C@]1(C)CC[C@@H](Nc2ncc3c(Br)nn(-c4ccc(C#N)c(CNS(C)(=O)=O)c4)c3n2)C1. The van der Waals surface area contributed by atoms with Crippen LogP contribution in [0.2, 0.25) is 0 Å². The number of aromatic nitrogens is 4. The topological polar surface area (TPSA) is 155 Å². The van der Waals surface area contributed by atoms with E-state index in [2.05, 4.69) is 52.4 Å². The zero-order chi connectivity index (χ0) is 25.4. The number of nitriles is 1. The minimum atomic E-state index is -3.43. The van der Waals surface area contributed by atoms with Crippen molar-refractivity contribution >= 4 is 48.8 Å². The Kier molecular flexibility index (Phi) is 6.81. The molecule has 1 aliphatic rings. The first kappa shape index (κ1) is 25.0. The molecule has 1 saturated carbocycles. The molecule has 11 nitrogen and oxygen atoms in total. The van der Waals surface area contributed by atoms with Crippen LogP contribution < -0.4 is 15.4 Å². The highest BCUT2D eigenvalue weighted by atomic mass is 79.9. The van der Waals surface area contributed by atoms with E-state index in [1.807, 2.05) is 6.92 Å². The second-order valence-electron chi connectivity index (χ2n) is 8.90. The number of nitrogens with one attached hydrogen (secondary N) is 3. The fourth-order valence-electron chi connectivity index (χ4n) is 4.35. The van der Waals surface area contributed by atoms with Gasteiger partial charge in [-0.25, -0.2) is 22.8 Å². The number of fused-ring (bicyclic) bond motifs is 1. The molecular formula is C22H25BrN8O3S. The van der Waals surface area contributed by atoms with Gasteiger partial charge in [0.15, 0.2) is 5.65 Å². The Labute approximate surface area is 211 Å². The summed E-state index contributed by atoms with van der Waals surface area (Å²) in [6, 6.07) is 7.19. The average molecular weight is 561 g/mol. The predicted octanol–water partition coefficient (Wildman–Crippen LogP) is 2.22. The summed E-state index contributed by atoms with van der Waals surface area (Å²) in [5.41, 5.74) is 1.59. The van der Waals surface area contributed by atoms with Crippen molar-refractivity contribution in [3.05, 3.63) is 40.1 Å². The minimum absolute atomic E-state index is 0.0243. The Morgan fingerprint density at radius 1 is 1.40 bits per heavy atom. The van der Waals surface area contributed by atoms with Crippen LogP contribution in [0.5, 0.6) is 0 Å². The molecule has 0 bridgehead atoms. The number of sulfonamides is 1. The minimum Gasteiger partial charge on any atom is -0.359 e. The van der Waals surface area contributed by atoms with E-state index in [-0.39, 0.29) is 18.5 Å². The first-order chi connectivity index (χ1) is 16.5. The molecule has 2 atom stereocenters. The summed E-state index contributed by atoms with van der Waals surface area (Å²) in [5.74, 6) is 0.451. The Morgan fingerprint density at radius 3 is 2.86 bits per heavy atom. The largest absolute Gasteiger partial charge is 0.359 e. The zero-order valence-corrected chi connectivity index (χ0v) is 21.9. The molecule has 2 heterocycles. The van der Waals surface area contributed by atoms with Gasteiger partial charge in [0.2, 0.25) is 21.9 Å². The fraction of sp³-hybridized carbons (Fsp3) is 0.409. The number of rotatable bonds is 7. The van der Waals surface area contributed by atoms with Gasteiger partial charge in [-0.3, -0.25) is 4.79 Å². The lowest BCUT2D eigenvalue weighted by Crippen LogP contribution is -2.35. The smallest absolute Gasteiger partial charge is 0.225 e. The van der Waals surface area contributed by atoms with Gasteiger partial charge in [0.05, 0.1) is 29.0 Å². The van der Waals surface area contributed by atoms with Gasteiger partial charge < -0.3 is 10.6 Å². The van der Waals surface area contributed by atoms with Crippen molar-refractivity contribution < 1.29 is 13.2 Å². The van der Waals surface area contributed by atoms with Crippen LogP contribution in [-0.2, 0) is 21.4 Å². The standard InChI is InChI=1S/C22H25BrN8O3S/c1-22(20(32)25-2)7-6-15(9-22)28-21-26-12-17-18(23)30-31(19(17)29-21)16-5-4-13(10-24)14(8-16)11-27-35(3,33)34/h4-5,8,12,15,27H,6-7,9,11H2,1-3H3,(H,25,32)(H,26,28,29)/t15-,22-/m1/s1. The third-order valence-electron chi connectivity index (χ3n) is 6.21. The monoisotopic (exact) mass is 560 g/mol. The van der Waals surface area contributed by atoms with E-state index in [9.17, 15) is 18.5 Å². The van der Waals surface area contributed by atoms with E-state index in [1.54, 1.807) is 36.1 Å². The lowest BCUT2D eigenvalue weighted by molar-refractivity contribution is -0.129.